The predicted octanol–water partition coefficient (Wildman–Crippen LogP) is 3.73. The van der Waals surface area contributed by atoms with E-state index in [0.29, 0.717) is 12.0 Å². The largest absolute Gasteiger partial charge is 0.472 e. The van der Waals surface area contributed by atoms with Crippen LogP contribution in [0.15, 0.2) is 46.3 Å². The van der Waals surface area contributed by atoms with Crippen molar-refractivity contribution in [2.24, 2.45) is 28.1 Å². The van der Waals surface area contributed by atoms with Gasteiger partial charge in [0.1, 0.15) is 35.6 Å². The van der Waals surface area contributed by atoms with Crippen LogP contribution in [0.1, 0.15) is 92.7 Å². The standard InChI is InChI=1S/C39H48O14/c1-10-19(3)29(43)50-30-32(6)18-35(44)34(8,23(32)14-26(41)46-9)36-16-25(48-21(5)40)33(7)24(15-27(42)49-28(33)22-12-13-47-17-22)38(36)31(37(30,35)45)51-39(52-36,53-38)20(4)11-2/h10,12-13,15,17,20,23,25,28,30-31,44-45H,11,14,16,18H2,1-9H3/b19-10+/t20?,23-,25-,28-,30-,31+,32+,33-,34+,35+,36-,37-,38+,39?/m0/s1. The maximum atomic E-state index is 13.9. The summed E-state index contributed by atoms with van der Waals surface area (Å²) >= 11 is 0. The van der Waals surface area contributed by atoms with Gasteiger partial charge in [-0.2, -0.15) is 0 Å². The van der Waals surface area contributed by atoms with E-state index in [1.807, 2.05) is 13.8 Å². The molecule has 0 radical (unpaired) electrons. The summed E-state index contributed by atoms with van der Waals surface area (Å²) in [5, 5.41) is 27.2. The molecule has 1 aromatic heterocycles. The highest BCUT2D eigenvalue weighted by molar-refractivity contribution is 5.88. The first kappa shape index (κ1) is 36.4. The Labute approximate surface area is 307 Å². The SMILES string of the molecule is C/C=C(\C)C(=O)O[C@H]1[C@]2(C)C[C@]3(O)[C@@]1(O)[C@H]1OC4(C(C)CC)O[C@@]5(C[C@H](OC(C)=O)[C@]6(C)C(=CC(=O)O[C@H]6c6ccoc6)[C@@]15O4)[C@]3(C)[C@H]2CC(=O)OC. The van der Waals surface area contributed by atoms with E-state index >= 15 is 0 Å². The Morgan fingerprint density at radius 3 is 2.43 bits per heavy atom. The topological polar surface area (TPSA) is 186 Å². The Morgan fingerprint density at radius 1 is 1.11 bits per heavy atom. The summed E-state index contributed by atoms with van der Waals surface area (Å²) in [6, 6.07) is 1.65. The van der Waals surface area contributed by atoms with Gasteiger partial charge in [0.15, 0.2) is 11.2 Å². The zero-order valence-electron chi connectivity index (χ0n) is 31.5. The van der Waals surface area contributed by atoms with E-state index < -0.39 is 105 Å². The molecule has 14 nitrogen and oxygen atoms in total. The Balaban J connectivity index is 1.48. The molecule has 2 saturated heterocycles. The molecule has 2 unspecified atom stereocenters. The monoisotopic (exact) mass is 740 g/mol. The van der Waals surface area contributed by atoms with Crippen molar-refractivity contribution in [2.45, 2.75) is 134 Å². The number of methoxy groups -OCH3 is 1. The third-order valence-electron chi connectivity index (χ3n) is 14.9. The molecule has 4 bridgehead atoms. The Morgan fingerprint density at radius 2 is 1.83 bits per heavy atom. The van der Waals surface area contributed by atoms with E-state index in [9.17, 15) is 29.4 Å². The molecule has 6 fully saturated rings. The van der Waals surface area contributed by atoms with Gasteiger partial charge in [-0.25, -0.2) is 9.59 Å². The van der Waals surface area contributed by atoms with Gasteiger partial charge < -0.3 is 47.8 Å². The first-order valence-electron chi connectivity index (χ1n) is 18.3. The van der Waals surface area contributed by atoms with Crippen molar-refractivity contribution in [2.75, 3.05) is 7.11 Å². The van der Waals surface area contributed by atoms with Gasteiger partial charge in [-0.15, -0.1) is 0 Å². The van der Waals surface area contributed by atoms with Crippen molar-refractivity contribution in [1.82, 2.24) is 0 Å². The summed E-state index contributed by atoms with van der Waals surface area (Å²) < 4.78 is 50.7. The van der Waals surface area contributed by atoms with Crippen molar-refractivity contribution in [3.8, 4) is 0 Å². The molecular formula is C39H48O14. The summed E-state index contributed by atoms with van der Waals surface area (Å²) in [5.74, 6) is -5.95. The summed E-state index contributed by atoms with van der Waals surface area (Å²) in [5.41, 5.74) is -11.5. The summed E-state index contributed by atoms with van der Waals surface area (Å²) in [6.07, 6.45) is 0.561. The fourth-order valence-electron chi connectivity index (χ4n) is 12.3. The second-order valence-electron chi connectivity index (χ2n) is 16.9. The Bertz CT molecular complexity index is 1870. The van der Waals surface area contributed by atoms with Crippen molar-refractivity contribution < 1.29 is 67.0 Å². The molecule has 8 rings (SSSR count). The van der Waals surface area contributed by atoms with Gasteiger partial charge in [-0.05, 0) is 51.2 Å². The number of ether oxygens (including phenoxy) is 7. The van der Waals surface area contributed by atoms with Crippen LogP contribution in [0.4, 0.5) is 0 Å². The first-order valence-corrected chi connectivity index (χ1v) is 18.3. The Kier molecular flexibility index (Phi) is 7.43. The highest BCUT2D eigenvalue weighted by Crippen LogP contribution is 2.88. The number of allylic oxidation sites excluding steroid dienone is 1. The molecular weight excluding hydrogens is 692 g/mol. The number of fused-ring (bicyclic) bond motifs is 4. The molecule has 1 aromatic rings. The number of carbonyl (C=O) groups is 4. The molecule has 14 heteroatoms. The summed E-state index contributed by atoms with van der Waals surface area (Å²) in [4.78, 5) is 54.1. The molecule has 4 aliphatic carbocycles. The second-order valence-corrected chi connectivity index (χ2v) is 16.9. The van der Waals surface area contributed by atoms with Crippen LogP contribution >= 0.6 is 0 Å². The van der Waals surface area contributed by atoms with E-state index in [1.165, 1.54) is 32.6 Å². The average molecular weight is 741 g/mol. The number of esters is 4. The lowest BCUT2D eigenvalue weighted by molar-refractivity contribution is -0.457. The lowest BCUT2D eigenvalue weighted by Gasteiger charge is -2.76. The average Bonchev–Trinajstić information content (AvgIpc) is 3.90. The van der Waals surface area contributed by atoms with Crippen molar-refractivity contribution in [1.29, 1.82) is 0 Å². The molecule has 1 spiro atoms. The van der Waals surface area contributed by atoms with E-state index in [-0.39, 0.29) is 30.4 Å². The van der Waals surface area contributed by atoms with E-state index in [0.717, 1.165) is 0 Å². The molecule has 7 aliphatic rings. The number of furan rings is 1. The minimum absolute atomic E-state index is 0.130. The molecule has 3 aliphatic heterocycles. The first-order chi connectivity index (χ1) is 24.8. The van der Waals surface area contributed by atoms with Crippen molar-refractivity contribution in [3.63, 3.8) is 0 Å². The van der Waals surface area contributed by atoms with Gasteiger partial charge in [0, 0.05) is 53.7 Å². The normalized spacial score (nSPS) is 49.0. The van der Waals surface area contributed by atoms with E-state index in [1.54, 1.807) is 46.8 Å². The molecule has 0 aromatic carbocycles. The highest BCUT2D eigenvalue weighted by Gasteiger charge is 3.03. The number of carbonyl (C=O) groups excluding carboxylic acids is 4. The fraction of sp³-hybridized carbons (Fsp3) is 0.692. The zero-order valence-corrected chi connectivity index (χ0v) is 31.5. The van der Waals surface area contributed by atoms with Crippen molar-refractivity contribution in [3.05, 3.63) is 47.5 Å². The van der Waals surface area contributed by atoms with Gasteiger partial charge in [-0.3, -0.25) is 9.59 Å². The van der Waals surface area contributed by atoms with Crippen LogP contribution in [0.5, 0.6) is 0 Å². The number of hydrogen-bond donors (Lipinski definition) is 2. The summed E-state index contributed by atoms with van der Waals surface area (Å²) in [7, 11) is 1.26. The van der Waals surface area contributed by atoms with Crippen molar-refractivity contribution >= 4 is 23.9 Å². The molecule has 14 atom stereocenters. The molecule has 53 heavy (non-hydrogen) atoms. The van der Waals surface area contributed by atoms with Crippen LogP contribution in [0, 0.1) is 28.1 Å². The molecule has 0 amide bonds. The van der Waals surface area contributed by atoms with E-state index in [2.05, 4.69) is 0 Å². The van der Waals surface area contributed by atoms with Crippen LogP contribution in [0.3, 0.4) is 0 Å². The quantitative estimate of drug-likeness (QED) is 0.223. The van der Waals surface area contributed by atoms with Crippen LogP contribution < -0.4 is 0 Å². The predicted molar refractivity (Wildman–Crippen MR) is 179 cm³/mol. The van der Waals surface area contributed by atoms with Gasteiger partial charge in [0.05, 0.1) is 25.1 Å². The smallest absolute Gasteiger partial charge is 0.333 e. The third-order valence-corrected chi connectivity index (χ3v) is 14.9. The number of rotatable bonds is 8. The maximum absolute atomic E-state index is 13.9. The van der Waals surface area contributed by atoms with Crippen LogP contribution in [0.25, 0.3) is 0 Å². The van der Waals surface area contributed by atoms with Crippen LogP contribution in [-0.4, -0.2) is 87.9 Å². The lowest BCUT2D eigenvalue weighted by atomic mass is 9.34. The third kappa shape index (κ3) is 3.73. The minimum atomic E-state index is -2.40. The summed E-state index contributed by atoms with van der Waals surface area (Å²) in [6.45, 7) is 13.6. The Hall–Kier alpha value is -3.56. The van der Waals surface area contributed by atoms with Gasteiger partial charge in [-0.1, -0.05) is 33.8 Å². The number of cyclic esters (lactones) is 1. The number of hydrogen-bond acceptors (Lipinski definition) is 14. The highest BCUT2D eigenvalue weighted by atomic mass is 17.0. The lowest BCUT2D eigenvalue weighted by Crippen LogP contribution is -2.93. The second kappa shape index (κ2) is 10.8. The molecule has 2 N–H and O–H groups in total. The molecule has 288 valence electrons. The minimum Gasteiger partial charge on any atom is -0.472 e. The molecule has 4 saturated carbocycles. The molecule has 4 heterocycles. The van der Waals surface area contributed by atoms with Crippen LogP contribution in [-0.2, 0) is 52.3 Å². The maximum Gasteiger partial charge on any atom is 0.333 e. The van der Waals surface area contributed by atoms with Gasteiger partial charge >= 0.3 is 23.9 Å². The van der Waals surface area contributed by atoms with E-state index in [4.69, 9.17) is 37.6 Å². The number of aliphatic hydroxyl groups is 2. The zero-order chi connectivity index (χ0) is 38.5. The fourth-order valence-corrected chi connectivity index (χ4v) is 12.3. The van der Waals surface area contributed by atoms with Gasteiger partial charge in [0.25, 0.3) is 5.97 Å². The van der Waals surface area contributed by atoms with Crippen LogP contribution in [0.2, 0.25) is 0 Å². The van der Waals surface area contributed by atoms with Gasteiger partial charge in [0.2, 0.25) is 0 Å².